The van der Waals surface area contributed by atoms with Crippen molar-refractivity contribution >= 4 is 23.0 Å². The van der Waals surface area contributed by atoms with E-state index in [0.717, 1.165) is 36.7 Å². The van der Waals surface area contributed by atoms with Gasteiger partial charge in [0.2, 0.25) is 5.91 Å². The Morgan fingerprint density at radius 1 is 0.900 bits per heavy atom. The number of hydrogen-bond acceptors (Lipinski definition) is 5. The number of nitrogen functional groups attached to an aromatic ring is 1. The smallest absolute Gasteiger partial charge is 0.398 e. The molecule has 0 unspecified atom stereocenters. The molecular formula is C28H34F6N4O2. The number of rotatable bonds is 8. The molecule has 4 rings (SSSR count). The van der Waals surface area contributed by atoms with Crippen LogP contribution in [-0.4, -0.2) is 44.3 Å². The van der Waals surface area contributed by atoms with E-state index in [2.05, 4.69) is 15.5 Å². The number of nitrogens with two attached hydrogens (primary N) is 1. The molecule has 0 aromatic heterocycles. The maximum absolute atomic E-state index is 13.1. The monoisotopic (exact) mass is 572 g/mol. The van der Waals surface area contributed by atoms with Gasteiger partial charge in [-0.05, 0) is 86.9 Å². The van der Waals surface area contributed by atoms with Crippen LogP contribution >= 0.6 is 0 Å². The fraction of sp³-hybridized carbons (Fsp3) is 0.536. The lowest BCUT2D eigenvalue weighted by atomic mass is 9.92. The fourth-order valence-corrected chi connectivity index (χ4v) is 5.26. The highest BCUT2D eigenvalue weighted by atomic mass is 19.4. The van der Waals surface area contributed by atoms with E-state index in [1.165, 1.54) is 24.3 Å². The van der Waals surface area contributed by atoms with E-state index in [1.807, 2.05) is 0 Å². The number of hydrogen-bond donors (Lipinski definition) is 3. The van der Waals surface area contributed by atoms with Gasteiger partial charge in [-0.2, -0.15) is 26.3 Å². The predicted molar refractivity (Wildman–Crippen MR) is 141 cm³/mol. The van der Waals surface area contributed by atoms with Crippen LogP contribution < -0.4 is 21.3 Å². The second kappa shape index (κ2) is 12.6. The minimum absolute atomic E-state index is 0.00632. The summed E-state index contributed by atoms with van der Waals surface area (Å²) in [6.45, 7) is 1.86. The molecule has 2 aromatic carbocycles. The SMILES string of the molecule is Nc1ccc(NC2CCC(OCC(=O)NCC3CCN(c4ccc(C(F)(F)F)cc4)CC3)CC2)cc1C(F)(F)F. The van der Waals surface area contributed by atoms with E-state index in [9.17, 15) is 31.1 Å². The standard InChI is InChI=1S/C28H34F6N4O2/c29-27(30,31)19-1-6-22(7-2-19)38-13-11-18(12-14-38)16-36-26(39)17-40-23-8-3-20(4-9-23)37-21-5-10-25(35)24(15-21)28(32,33)34/h1-2,5-7,10,15,18,20,23,37H,3-4,8-9,11-14,16-17,35H2,(H,36,39). The lowest BCUT2D eigenvalue weighted by Crippen LogP contribution is -2.40. The van der Waals surface area contributed by atoms with Gasteiger partial charge in [-0.15, -0.1) is 0 Å². The number of alkyl halides is 6. The summed E-state index contributed by atoms with van der Waals surface area (Å²) < 4.78 is 83.4. The van der Waals surface area contributed by atoms with E-state index < -0.39 is 23.5 Å². The van der Waals surface area contributed by atoms with Crippen LogP contribution in [0.1, 0.15) is 49.7 Å². The van der Waals surface area contributed by atoms with Crippen molar-refractivity contribution in [3.8, 4) is 0 Å². The van der Waals surface area contributed by atoms with Crippen molar-refractivity contribution in [2.24, 2.45) is 5.92 Å². The zero-order chi connectivity index (χ0) is 28.9. The molecule has 12 heteroatoms. The maximum Gasteiger partial charge on any atom is 0.418 e. The van der Waals surface area contributed by atoms with Crippen LogP contribution in [0.15, 0.2) is 42.5 Å². The van der Waals surface area contributed by atoms with Gasteiger partial charge in [0.15, 0.2) is 0 Å². The zero-order valence-electron chi connectivity index (χ0n) is 22.0. The number of benzene rings is 2. The van der Waals surface area contributed by atoms with Crippen LogP contribution in [0.2, 0.25) is 0 Å². The Morgan fingerprint density at radius 3 is 2.15 bits per heavy atom. The Kier molecular flexibility index (Phi) is 9.37. The third-order valence-electron chi connectivity index (χ3n) is 7.62. The molecular weight excluding hydrogens is 538 g/mol. The van der Waals surface area contributed by atoms with Crippen molar-refractivity contribution in [1.82, 2.24) is 5.32 Å². The molecule has 220 valence electrons. The molecule has 1 aliphatic heterocycles. The number of nitrogens with one attached hydrogen (secondary N) is 2. The van der Waals surface area contributed by atoms with Crippen molar-refractivity contribution in [2.75, 3.05) is 42.2 Å². The predicted octanol–water partition coefficient (Wildman–Crippen LogP) is 6.08. The molecule has 1 saturated heterocycles. The first-order valence-electron chi connectivity index (χ1n) is 13.4. The minimum Gasteiger partial charge on any atom is -0.398 e. The van der Waals surface area contributed by atoms with Crippen molar-refractivity contribution < 1.29 is 35.9 Å². The lowest BCUT2D eigenvalue weighted by molar-refractivity contribution is -0.138. The molecule has 0 bridgehead atoms. The Morgan fingerprint density at radius 2 is 1.55 bits per heavy atom. The molecule has 2 fully saturated rings. The first kappa shape index (κ1) is 29.8. The number of piperidine rings is 1. The van der Waals surface area contributed by atoms with E-state index in [-0.39, 0.29) is 36.3 Å². The number of carbonyl (C=O) groups is 1. The topological polar surface area (TPSA) is 79.6 Å². The van der Waals surface area contributed by atoms with Crippen LogP contribution in [0.4, 0.5) is 43.4 Å². The highest BCUT2D eigenvalue weighted by Gasteiger charge is 2.34. The first-order chi connectivity index (χ1) is 18.9. The molecule has 2 aliphatic rings. The van der Waals surface area contributed by atoms with E-state index in [1.54, 1.807) is 0 Å². The van der Waals surface area contributed by atoms with Crippen molar-refractivity contribution in [2.45, 2.75) is 63.0 Å². The van der Waals surface area contributed by atoms with Gasteiger partial charge in [-0.25, -0.2) is 0 Å². The summed E-state index contributed by atoms with van der Waals surface area (Å²) in [5.74, 6) is 0.0781. The summed E-state index contributed by atoms with van der Waals surface area (Å²) in [5, 5.41) is 6.06. The Hall–Kier alpha value is -3.15. The van der Waals surface area contributed by atoms with Crippen LogP contribution in [0.25, 0.3) is 0 Å². The van der Waals surface area contributed by atoms with Gasteiger partial charge >= 0.3 is 12.4 Å². The van der Waals surface area contributed by atoms with Gasteiger partial charge < -0.3 is 26.0 Å². The molecule has 4 N–H and O–H groups in total. The molecule has 1 heterocycles. The maximum atomic E-state index is 13.1. The number of halogens is 6. The molecule has 1 amide bonds. The van der Waals surface area contributed by atoms with Gasteiger partial charge in [0.05, 0.1) is 17.2 Å². The molecule has 0 spiro atoms. The second-order valence-electron chi connectivity index (χ2n) is 10.5. The van der Waals surface area contributed by atoms with E-state index in [4.69, 9.17) is 10.5 Å². The molecule has 1 aliphatic carbocycles. The summed E-state index contributed by atoms with van der Waals surface area (Å²) >= 11 is 0. The Labute approximate surface area is 229 Å². The lowest BCUT2D eigenvalue weighted by Gasteiger charge is -2.34. The summed E-state index contributed by atoms with van der Waals surface area (Å²) in [5.41, 5.74) is 4.76. The average Bonchev–Trinajstić information content (AvgIpc) is 2.92. The average molecular weight is 573 g/mol. The minimum atomic E-state index is -4.51. The summed E-state index contributed by atoms with van der Waals surface area (Å²) in [6, 6.07) is 9.00. The molecule has 1 saturated carbocycles. The van der Waals surface area contributed by atoms with Gasteiger partial charge in [0, 0.05) is 42.7 Å². The van der Waals surface area contributed by atoms with Crippen LogP contribution in [0.5, 0.6) is 0 Å². The highest BCUT2D eigenvalue weighted by Crippen LogP contribution is 2.36. The molecule has 0 radical (unpaired) electrons. The van der Waals surface area contributed by atoms with E-state index >= 15 is 0 Å². The highest BCUT2D eigenvalue weighted by molar-refractivity contribution is 5.77. The second-order valence-corrected chi connectivity index (χ2v) is 10.5. The zero-order valence-corrected chi connectivity index (χ0v) is 22.0. The Bertz CT molecular complexity index is 1120. The summed E-state index contributed by atoms with van der Waals surface area (Å²) in [7, 11) is 0. The summed E-state index contributed by atoms with van der Waals surface area (Å²) in [4.78, 5) is 14.4. The number of nitrogens with zero attached hydrogens (tertiary/aromatic N) is 1. The third-order valence-corrected chi connectivity index (χ3v) is 7.62. The largest absolute Gasteiger partial charge is 0.418 e. The number of carbonyl (C=O) groups excluding carboxylic acids is 1. The Balaban J connectivity index is 1.11. The number of anilines is 3. The third kappa shape index (κ3) is 8.18. The van der Waals surface area contributed by atoms with Gasteiger partial charge in [-0.3, -0.25) is 4.79 Å². The van der Waals surface area contributed by atoms with Crippen LogP contribution in [0, 0.1) is 5.92 Å². The number of ether oxygens (including phenoxy) is 1. The van der Waals surface area contributed by atoms with Crippen LogP contribution in [0.3, 0.4) is 0 Å². The van der Waals surface area contributed by atoms with Crippen molar-refractivity contribution in [3.63, 3.8) is 0 Å². The first-order valence-corrected chi connectivity index (χ1v) is 13.4. The van der Waals surface area contributed by atoms with Crippen molar-refractivity contribution in [3.05, 3.63) is 53.6 Å². The van der Waals surface area contributed by atoms with Crippen LogP contribution in [-0.2, 0) is 21.9 Å². The van der Waals surface area contributed by atoms with Gasteiger partial charge in [0.25, 0.3) is 0 Å². The number of amides is 1. The normalized spacial score (nSPS) is 20.8. The molecule has 2 aromatic rings. The van der Waals surface area contributed by atoms with Gasteiger partial charge in [0.1, 0.15) is 6.61 Å². The molecule has 6 nitrogen and oxygen atoms in total. The molecule has 0 atom stereocenters. The van der Waals surface area contributed by atoms with Crippen molar-refractivity contribution in [1.29, 1.82) is 0 Å². The summed E-state index contributed by atoms with van der Waals surface area (Å²) in [6.07, 6.45) is -4.53. The van der Waals surface area contributed by atoms with Gasteiger partial charge in [-0.1, -0.05) is 0 Å². The quantitative estimate of drug-likeness (QED) is 0.264. The molecule has 40 heavy (non-hydrogen) atoms. The van der Waals surface area contributed by atoms with E-state index in [0.29, 0.717) is 51.0 Å². The fourth-order valence-electron chi connectivity index (χ4n) is 5.26.